The van der Waals surface area contributed by atoms with Crippen molar-refractivity contribution in [3.05, 3.63) is 47.6 Å². The number of carbonyl (C=O) groups is 2. The lowest BCUT2D eigenvalue weighted by atomic mass is 9.89. The first-order valence-corrected chi connectivity index (χ1v) is 12.8. The highest BCUT2D eigenvalue weighted by molar-refractivity contribution is 5.76. The van der Waals surface area contributed by atoms with Crippen LogP contribution in [0.5, 0.6) is 0 Å². The molecule has 2 amide bonds. The topological polar surface area (TPSA) is 110 Å². The fraction of sp³-hybridized carbons (Fsp3) is 0.615. The minimum Gasteiger partial charge on any atom is -0.379 e. The summed E-state index contributed by atoms with van der Waals surface area (Å²) in [5, 5.41) is 10.4. The molecule has 0 bridgehead atoms. The summed E-state index contributed by atoms with van der Waals surface area (Å²) in [6.45, 7) is 5.15. The van der Waals surface area contributed by atoms with Crippen LogP contribution in [0.2, 0.25) is 0 Å². The van der Waals surface area contributed by atoms with Crippen molar-refractivity contribution in [1.29, 1.82) is 0 Å². The van der Waals surface area contributed by atoms with Gasteiger partial charge in [-0.2, -0.15) is 4.98 Å². The van der Waals surface area contributed by atoms with Gasteiger partial charge in [-0.05, 0) is 18.4 Å². The fourth-order valence-corrected chi connectivity index (χ4v) is 5.17. The number of morpholine rings is 1. The van der Waals surface area contributed by atoms with Gasteiger partial charge in [-0.1, -0.05) is 61.2 Å². The molecule has 2 aliphatic rings. The molecular weight excluding hydrogens is 446 g/mol. The van der Waals surface area contributed by atoms with Crippen LogP contribution >= 0.6 is 0 Å². The Balaban J connectivity index is 1.34. The van der Waals surface area contributed by atoms with Crippen LogP contribution in [0.3, 0.4) is 0 Å². The molecule has 2 N–H and O–H groups in total. The van der Waals surface area contributed by atoms with E-state index >= 15 is 0 Å². The van der Waals surface area contributed by atoms with Crippen LogP contribution < -0.4 is 10.6 Å². The lowest BCUT2D eigenvalue weighted by molar-refractivity contribution is -0.122. The number of ether oxygens (including phenoxy) is 1. The lowest BCUT2D eigenvalue weighted by Gasteiger charge is -2.35. The summed E-state index contributed by atoms with van der Waals surface area (Å²) < 4.78 is 11.0. The van der Waals surface area contributed by atoms with Crippen molar-refractivity contribution >= 4 is 11.8 Å². The second-order valence-corrected chi connectivity index (χ2v) is 9.57. The summed E-state index contributed by atoms with van der Waals surface area (Å²) in [5.41, 5.74) is 0.607. The van der Waals surface area contributed by atoms with Gasteiger partial charge >= 0.3 is 0 Å². The summed E-state index contributed by atoms with van der Waals surface area (Å²) in [6, 6.07) is 10.4. The van der Waals surface area contributed by atoms with Crippen molar-refractivity contribution in [3.8, 4) is 0 Å². The molecule has 1 unspecified atom stereocenters. The van der Waals surface area contributed by atoms with E-state index in [-0.39, 0.29) is 24.3 Å². The van der Waals surface area contributed by atoms with Gasteiger partial charge in [-0.15, -0.1) is 0 Å². The van der Waals surface area contributed by atoms with Crippen molar-refractivity contribution in [2.45, 2.75) is 69.9 Å². The quantitative estimate of drug-likeness (QED) is 0.528. The molecule has 190 valence electrons. The Kier molecular flexibility index (Phi) is 8.87. The predicted molar refractivity (Wildman–Crippen MR) is 130 cm³/mol. The molecule has 4 rings (SSSR count). The van der Waals surface area contributed by atoms with Crippen molar-refractivity contribution in [2.75, 3.05) is 32.8 Å². The molecule has 1 aliphatic heterocycles. The third-order valence-electron chi connectivity index (χ3n) is 7.00. The van der Waals surface area contributed by atoms with Crippen LogP contribution in [0.25, 0.3) is 0 Å². The maximum absolute atomic E-state index is 12.7. The van der Waals surface area contributed by atoms with Gasteiger partial charge < -0.3 is 19.9 Å². The number of hydrogen-bond donors (Lipinski definition) is 2. The van der Waals surface area contributed by atoms with Gasteiger partial charge in [-0.25, -0.2) is 0 Å². The van der Waals surface area contributed by atoms with Crippen LogP contribution in [-0.4, -0.2) is 59.7 Å². The first kappa shape index (κ1) is 25.3. The van der Waals surface area contributed by atoms with Gasteiger partial charge in [0.15, 0.2) is 5.82 Å². The highest BCUT2D eigenvalue weighted by Gasteiger charge is 2.38. The predicted octanol–water partition coefficient (Wildman–Crippen LogP) is 2.88. The van der Waals surface area contributed by atoms with E-state index in [0.29, 0.717) is 37.9 Å². The molecule has 1 aromatic carbocycles. The average molecular weight is 484 g/mol. The highest BCUT2D eigenvalue weighted by atomic mass is 16.5. The number of benzene rings is 1. The molecule has 0 radical (unpaired) electrons. The molecule has 2 heterocycles. The molecule has 9 nitrogen and oxygen atoms in total. The zero-order valence-corrected chi connectivity index (χ0v) is 20.6. The van der Waals surface area contributed by atoms with Crippen LogP contribution in [0.15, 0.2) is 34.9 Å². The summed E-state index contributed by atoms with van der Waals surface area (Å²) in [5.74, 6) is 0.814. The number of nitrogens with one attached hydrogen (secondary N) is 2. The van der Waals surface area contributed by atoms with Crippen LogP contribution in [-0.2, 0) is 26.3 Å². The second kappa shape index (κ2) is 12.3. The number of amides is 2. The molecule has 35 heavy (non-hydrogen) atoms. The Labute approximate surface area is 207 Å². The molecule has 9 heteroatoms. The Hall–Kier alpha value is -2.78. The lowest BCUT2D eigenvalue weighted by Crippen LogP contribution is -2.45. The Morgan fingerprint density at radius 1 is 1.09 bits per heavy atom. The Morgan fingerprint density at radius 2 is 1.80 bits per heavy atom. The maximum atomic E-state index is 12.7. The monoisotopic (exact) mass is 483 g/mol. The molecule has 1 saturated heterocycles. The number of aromatic nitrogens is 2. The maximum Gasteiger partial charge on any atom is 0.227 e. The van der Waals surface area contributed by atoms with E-state index < -0.39 is 5.54 Å². The van der Waals surface area contributed by atoms with Gasteiger partial charge in [-0.3, -0.25) is 14.5 Å². The molecule has 1 aromatic heterocycles. The number of rotatable bonds is 9. The summed E-state index contributed by atoms with van der Waals surface area (Å²) >= 11 is 0. The van der Waals surface area contributed by atoms with Crippen LogP contribution in [0.1, 0.15) is 75.2 Å². The van der Waals surface area contributed by atoms with E-state index in [1.807, 2.05) is 18.2 Å². The van der Waals surface area contributed by atoms with Crippen LogP contribution in [0.4, 0.5) is 0 Å². The first-order chi connectivity index (χ1) is 17.1. The number of hydrogen-bond acceptors (Lipinski definition) is 7. The van der Waals surface area contributed by atoms with Crippen molar-refractivity contribution < 1.29 is 18.8 Å². The molecule has 1 saturated carbocycles. The Morgan fingerprint density at radius 3 is 2.49 bits per heavy atom. The van der Waals surface area contributed by atoms with E-state index in [4.69, 9.17) is 9.26 Å². The smallest absolute Gasteiger partial charge is 0.227 e. The van der Waals surface area contributed by atoms with Gasteiger partial charge in [0.05, 0.1) is 19.3 Å². The zero-order valence-electron chi connectivity index (χ0n) is 20.6. The van der Waals surface area contributed by atoms with E-state index in [0.717, 1.165) is 51.6 Å². The zero-order chi connectivity index (χ0) is 24.5. The summed E-state index contributed by atoms with van der Waals surface area (Å²) in [4.78, 5) is 31.6. The third-order valence-corrected chi connectivity index (χ3v) is 7.00. The molecule has 0 spiro atoms. The standard InChI is InChI=1S/C26H37N5O4/c1-20(32)29-26(13-7-2-3-8-14-26)25-28-24(35-30-25)12-11-23(33)27-19-22(21-9-5-4-6-10-21)31-15-17-34-18-16-31/h4-6,9-10,22H,2-3,7-8,11-19H2,1H3,(H,27,33)(H,29,32). The number of aryl methyl sites for hydroxylation is 1. The van der Waals surface area contributed by atoms with Gasteiger partial charge in [0.1, 0.15) is 5.54 Å². The van der Waals surface area contributed by atoms with E-state index in [1.54, 1.807) is 0 Å². The molecule has 1 aliphatic carbocycles. The SMILES string of the molecule is CC(=O)NC1(c2noc(CCC(=O)NCC(c3ccccc3)N3CCOCC3)n2)CCCCCC1. The average Bonchev–Trinajstić information content (AvgIpc) is 3.24. The number of nitrogens with zero attached hydrogens (tertiary/aromatic N) is 3. The van der Waals surface area contributed by atoms with Crippen molar-refractivity contribution in [1.82, 2.24) is 25.7 Å². The van der Waals surface area contributed by atoms with E-state index in [1.165, 1.54) is 12.5 Å². The minimum atomic E-state index is -0.576. The highest BCUT2D eigenvalue weighted by Crippen LogP contribution is 2.34. The summed E-state index contributed by atoms with van der Waals surface area (Å²) in [6.07, 6.45) is 6.53. The largest absolute Gasteiger partial charge is 0.379 e. The molecular formula is C26H37N5O4. The minimum absolute atomic E-state index is 0.0509. The van der Waals surface area contributed by atoms with Crippen LogP contribution in [0, 0.1) is 0 Å². The normalized spacial score (nSPS) is 19.5. The van der Waals surface area contributed by atoms with E-state index in [9.17, 15) is 9.59 Å². The van der Waals surface area contributed by atoms with E-state index in [2.05, 4.69) is 37.8 Å². The molecule has 2 aromatic rings. The summed E-state index contributed by atoms with van der Waals surface area (Å²) in [7, 11) is 0. The fourth-order valence-electron chi connectivity index (χ4n) is 5.17. The van der Waals surface area contributed by atoms with Gasteiger partial charge in [0.25, 0.3) is 0 Å². The van der Waals surface area contributed by atoms with Crippen molar-refractivity contribution in [2.24, 2.45) is 0 Å². The third kappa shape index (κ3) is 6.89. The number of carbonyl (C=O) groups excluding carboxylic acids is 2. The molecule has 2 fully saturated rings. The van der Waals surface area contributed by atoms with Gasteiger partial charge in [0, 0.05) is 39.4 Å². The Bertz CT molecular complexity index is 950. The van der Waals surface area contributed by atoms with Gasteiger partial charge in [0.2, 0.25) is 17.7 Å². The second-order valence-electron chi connectivity index (χ2n) is 9.57. The first-order valence-electron chi connectivity index (χ1n) is 12.8. The van der Waals surface area contributed by atoms with Crippen molar-refractivity contribution in [3.63, 3.8) is 0 Å². The molecule has 1 atom stereocenters.